The topological polar surface area (TPSA) is 98.7 Å². The molecule has 0 saturated carbocycles. The molecule has 0 aliphatic carbocycles. The Balaban J connectivity index is 1.68. The Kier molecular flexibility index (Phi) is 7.75. The highest BCUT2D eigenvalue weighted by Gasteiger charge is 2.38. The summed E-state index contributed by atoms with van der Waals surface area (Å²) in [6, 6.07) is 13.2. The maximum Gasteiger partial charge on any atom is 0.376 e. The van der Waals surface area contributed by atoms with Crippen LogP contribution in [0.1, 0.15) is 16.8 Å². The van der Waals surface area contributed by atoms with Gasteiger partial charge < -0.3 is 15.2 Å². The first-order chi connectivity index (χ1) is 14.2. The summed E-state index contributed by atoms with van der Waals surface area (Å²) in [5.74, 6) is -0.205. The van der Waals surface area contributed by atoms with Crippen LogP contribution in [0, 0.1) is 0 Å². The highest BCUT2D eigenvalue weighted by molar-refractivity contribution is 9.11. The van der Waals surface area contributed by atoms with Crippen molar-refractivity contribution in [2.45, 2.75) is 30.2 Å². The second-order valence-corrected chi connectivity index (χ2v) is 10.6. The maximum absolute atomic E-state index is 12.9. The van der Waals surface area contributed by atoms with E-state index in [2.05, 4.69) is 41.9 Å². The first-order valence-electron chi connectivity index (χ1n) is 9.42. The van der Waals surface area contributed by atoms with Gasteiger partial charge in [0.15, 0.2) is 0 Å². The van der Waals surface area contributed by atoms with E-state index in [-0.39, 0.29) is 16.8 Å². The number of amides is 1. The molecule has 1 amide bonds. The number of rotatable bonds is 7. The summed E-state index contributed by atoms with van der Waals surface area (Å²) < 4.78 is 29.6. The van der Waals surface area contributed by atoms with Gasteiger partial charge in [-0.25, -0.2) is 13.1 Å². The molecule has 3 N–H and O–H groups in total. The zero-order valence-electron chi connectivity index (χ0n) is 16.3. The van der Waals surface area contributed by atoms with Gasteiger partial charge in [0.05, 0.1) is 4.90 Å². The number of carbonyl (C=O) groups excluding carboxylic acids is 1. The number of benzene rings is 2. The third kappa shape index (κ3) is 5.71. The summed E-state index contributed by atoms with van der Waals surface area (Å²) in [6.07, 6.45) is 0.463. The molecule has 2 aromatic carbocycles. The van der Waals surface area contributed by atoms with Crippen molar-refractivity contribution < 1.29 is 18.2 Å². The van der Waals surface area contributed by atoms with Gasteiger partial charge in [0, 0.05) is 39.7 Å². The lowest BCUT2D eigenvalue weighted by atomic mass is 9.84. The summed E-state index contributed by atoms with van der Waals surface area (Å²) in [5.41, 5.74) is 0.552. The average Bonchev–Trinajstić information content (AvgIpc) is 3.10. The Morgan fingerprint density at radius 3 is 2.60 bits per heavy atom. The van der Waals surface area contributed by atoms with Crippen LogP contribution in [0.15, 0.2) is 62.4 Å². The number of nitrogens with zero attached hydrogens (tertiary/aromatic N) is 1. The third-order valence-electron chi connectivity index (χ3n) is 4.98. The van der Waals surface area contributed by atoms with Crippen LogP contribution in [0.4, 0.5) is 0 Å². The van der Waals surface area contributed by atoms with E-state index in [0.29, 0.717) is 34.0 Å². The van der Waals surface area contributed by atoms with Crippen LogP contribution < -0.4 is 10.0 Å². The number of hydrogen-bond donors (Lipinski definition) is 3. The molecular formula is C19H22BBr2N3O4S. The van der Waals surface area contributed by atoms with Gasteiger partial charge >= 0.3 is 7.05 Å². The second-order valence-electron chi connectivity index (χ2n) is 7.19. The molecule has 1 heterocycles. The lowest BCUT2D eigenvalue weighted by Gasteiger charge is -2.25. The van der Waals surface area contributed by atoms with E-state index in [1.165, 1.54) is 6.07 Å². The minimum Gasteiger partial charge on any atom is -0.437 e. The van der Waals surface area contributed by atoms with Gasteiger partial charge in [-0.15, -0.1) is 0 Å². The van der Waals surface area contributed by atoms with Gasteiger partial charge in [0.25, 0.3) is 5.91 Å². The highest BCUT2D eigenvalue weighted by atomic mass is 79.9. The molecule has 7 nitrogen and oxygen atoms in total. The summed E-state index contributed by atoms with van der Waals surface area (Å²) in [7, 11) is -4.53. The van der Waals surface area contributed by atoms with Crippen LogP contribution in [0.5, 0.6) is 0 Å². The summed E-state index contributed by atoms with van der Waals surface area (Å²) in [6.45, 7) is 2.28. The fourth-order valence-electron chi connectivity index (χ4n) is 3.55. The van der Waals surface area contributed by atoms with E-state index in [1.54, 1.807) is 48.0 Å². The Labute approximate surface area is 193 Å². The van der Waals surface area contributed by atoms with Gasteiger partial charge in [-0.1, -0.05) is 34.1 Å². The number of carbonyl (C=O) groups is 1. The van der Waals surface area contributed by atoms with Crippen molar-refractivity contribution in [3.8, 4) is 0 Å². The molecule has 1 aliphatic heterocycles. The van der Waals surface area contributed by atoms with Gasteiger partial charge in [0.1, 0.15) is 0 Å². The molecule has 160 valence electrons. The largest absolute Gasteiger partial charge is 0.437 e. The average molecular weight is 559 g/mol. The summed E-state index contributed by atoms with van der Waals surface area (Å²) in [5, 5.41) is 13.0. The molecule has 1 aliphatic rings. The third-order valence-corrected chi connectivity index (χ3v) is 7.98. The first kappa shape index (κ1) is 23.4. The number of nitrogens with one attached hydrogen (secondary N) is 2. The zero-order valence-corrected chi connectivity index (χ0v) is 20.2. The first-order valence-corrected chi connectivity index (χ1v) is 12.5. The Morgan fingerprint density at radius 2 is 1.93 bits per heavy atom. The molecular weight excluding hydrogens is 537 g/mol. The summed E-state index contributed by atoms with van der Waals surface area (Å²) >= 11 is 6.59. The minimum absolute atomic E-state index is 0.140. The Hall–Kier alpha value is -1.24. The highest BCUT2D eigenvalue weighted by Crippen LogP contribution is 2.27. The lowest BCUT2D eigenvalue weighted by Crippen LogP contribution is -2.47. The van der Waals surface area contributed by atoms with Crippen molar-refractivity contribution >= 4 is 54.8 Å². The van der Waals surface area contributed by atoms with Crippen molar-refractivity contribution in [1.82, 2.24) is 14.8 Å². The molecule has 11 heteroatoms. The van der Waals surface area contributed by atoms with Crippen LogP contribution in [0.25, 0.3) is 0 Å². The normalized spacial score (nSPS) is 19.6. The van der Waals surface area contributed by atoms with Crippen molar-refractivity contribution in [2.24, 2.45) is 0 Å². The van der Waals surface area contributed by atoms with Crippen molar-refractivity contribution in [3.63, 3.8) is 0 Å². The van der Waals surface area contributed by atoms with Crippen LogP contribution in [-0.2, 0) is 10.0 Å². The molecule has 30 heavy (non-hydrogen) atoms. The van der Waals surface area contributed by atoms with Crippen molar-refractivity contribution in [3.05, 3.63) is 63.0 Å². The van der Waals surface area contributed by atoms with E-state index in [0.717, 1.165) is 0 Å². The molecule has 2 atom stereocenters. The Bertz CT molecular complexity index is 1010. The number of halogens is 2. The van der Waals surface area contributed by atoms with E-state index in [1.807, 2.05) is 6.07 Å². The number of sulfonamides is 1. The zero-order chi connectivity index (χ0) is 21.9. The van der Waals surface area contributed by atoms with Gasteiger partial charge in [0.2, 0.25) is 10.0 Å². The SMILES string of the molecule is CB(O)N1C[C@H](NS(=O)(=O)c2cc(Br)ccc2Br)C[C@@H]1CNC(=O)c1ccccc1. The lowest BCUT2D eigenvalue weighted by molar-refractivity contribution is 0.0945. The molecule has 0 unspecified atom stereocenters. The van der Waals surface area contributed by atoms with E-state index >= 15 is 0 Å². The molecule has 2 aromatic rings. The minimum atomic E-state index is -3.77. The van der Waals surface area contributed by atoms with E-state index in [9.17, 15) is 18.2 Å². The quantitative estimate of drug-likeness (QED) is 0.454. The molecule has 0 radical (unpaired) electrons. The molecule has 0 spiro atoms. The maximum atomic E-state index is 12.9. The molecule has 3 rings (SSSR count). The van der Waals surface area contributed by atoms with Crippen LogP contribution in [0.2, 0.25) is 6.82 Å². The van der Waals surface area contributed by atoms with Gasteiger partial charge in [-0.05, 0) is 59.5 Å². The molecule has 1 fully saturated rings. The second kappa shape index (κ2) is 9.93. The predicted octanol–water partition coefficient (Wildman–Crippen LogP) is 2.47. The number of hydrogen-bond acceptors (Lipinski definition) is 5. The van der Waals surface area contributed by atoms with E-state index in [4.69, 9.17) is 0 Å². The van der Waals surface area contributed by atoms with Crippen LogP contribution in [0.3, 0.4) is 0 Å². The summed E-state index contributed by atoms with van der Waals surface area (Å²) in [4.78, 5) is 14.3. The standard InChI is InChI=1S/C19H22BBr2N3O4S/c1-20(27)25-12-15(24-30(28,29)18-9-14(21)7-8-17(18)22)10-16(25)11-23-19(26)13-5-3-2-4-6-13/h2-9,15-16,24,27H,10-12H2,1H3,(H,23,26)/t15-,16-/m1/s1. The van der Waals surface area contributed by atoms with Crippen LogP contribution in [-0.4, -0.2) is 56.4 Å². The van der Waals surface area contributed by atoms with Crippen molar-refractivity contribution in [1.29, 1.82) is 0 Å². The van der Waals surface area contributed by atoms with Crippen LogP contribution >= 0.6 is 31.9 Å². The van der Waals surface area contributed by atoms with E-state index < -0.39 is 23.1 Å². The smallest absolute Gasteiger partial charge is 0.376 e. The monoisotopic (exact) mass is 557 g/mol. The van der Waals surface area contributed by atoms with Gasteiger partial charge in [-0.2, -0.15) is 0 Å². The molecule has 1 saturated heterocycles. The Morgan fingerprint density at radius 1 is 1.23 bits per heavy atom. The molecule has 0 aromatic heterocycles. The van der Waals surface area contributed by atoms with Crippen molar-refractivity contribution in [2.75, 3.05) is 13.1 Å². The predicted molar refractivity (Wildman–Crippen MR) is 124 cm³/mol. The fourth-order valence-corrected chi connectivity index (χ4v) is 6.30. The fraction of sp³-hybridized carbons (Fsp3) is 0.316. The molecule has 0 bridgehead atoms. The van der Waals surface area contributed by atoms with Gasteiger partial charge in [-0.3, -0.25) is 4.79 Å².